The predicted octanol–water partition coefficient (Wildman–Crippen LogP) is 4.15. The van der Waals surface area contributed by atoms with Crippen molar-refractivity contribution in [1.29, 1.82) is 0 Å². The molecule has 1 aromatic heterocycles. The van der Waals surface area contributed by atoms with Gasteiger partial charge in [-0.25, -0.2) is 9.67 Å². The van der Waals surface area contributed by atoms with Gasteiger partial charge in [0.25, 0.3) is 0 Å². The summed E-state index contributed by atoms with van der Waals surface area (Å²) in [5.74, 6) is 0.843. The van der Waals surface area contributed by atoms with Gasteiger partial charge in [-0.05, 0) is 49.2 Å². The monoisotopic (exact) mass is 487 g/mol. The molecule has 0 saturated carbocycles. The number of halogens is 2. The number of ether oxygens (including phenoxy) is 2. The van der Waals surface area contributed by atoms with Gasteiger partial charge in [-0.3, -0.25) is 0 Å². The van der Waals surface area contributed by atoms with E-state index in [2.05, 4.69) is 32.4 Å². The van der Waals surface area contributed by atoms with Crippen molar-refractivity contribution in [1.82, 2.24) is 20.1 Å². The number of nitrogens with one attached hydrogen (secondary N) is 1. The van der Waals surface area contributed by atoms with E-state index < -0.39 is 5.60 Å². The summed E-state index contributed by atoms with van der Waals surface area (Å²) < 4.78 is 14.5. The predicted molar refractivity (Wildman–Crippen MR) is 129 cm³/mol. The Labute approximate surface area is 203 Å². The van der Waals surface area contributed by atoms with E-state index in [0.717, 1.165) is 50.3 Å². The Morgan fingerprint density at radius 3 is 2.67 bits per heavy atom. The zero-order chi connectivity index (χ0) is 22.7. The third kappa shape index (κ3) is 5.11. The van der Waals surface area contributed by atoms with E-state index in [1.54, 1.807) is 17.1 Å². The molecule has 3 heterocycles. The number of nitrogens with zero attached hydrogens (tertiary/aromatic N) is 4. The largest absolute Gasteiger partial charge is 0.491 e. The average molecular weight is 488 g/mol. The summed E-state index contributed by atoms with van der Waals surface area (Å²) in [6.45, 7) is 5.08. The summed E-state index contributed by atoms with van der Waals surface area (Å²) in [4.78, 5) is 6.46. The lowest BCUT2D eigenvalue weighted by Gasteiger charge is -2.31. The molecular weight excluding hydrogens is 461 g/mol. The van der Waals surface area contributed by atoms with Crippen LogP contribution in [0.1, 0.15) is 18.4 Å². The Kier molecular flexibility index (Phi) is 6.74. The highest BCUT2D eigenvalue weighted by molar-refractivity contribution is 6.35. The number of benzene rings is 2. The molecule has 0 bridgehead atoms. The van der Waals surface area contributed by atoms with Crippen LogP contribution in [0, 0.1) is 0 Å². The molecule has 2 aliphatic heterocycles. The number of anilines is 1. The van der Waals surface area contributed by atoms with E-state index in [9.17, 15) is 0 Å². The molecule has 7 nitrogen and oxygen atoms in total. The van der Waals surface area contributed by atoms with Gasteiger partial charge in [0.15, 0.2) is 0 Å². The molecule has 2 aromatic carbocycles. The minimum Gasteiger partial charge on any atom is -0.491 e. The SMILES string of the molecule is Clc1ccc([C@@]2(Cn3cncn3)CC[C@H](COc3ccc(N4CCNCC4)cc3)O2)c(Cl)c1. The number of aromatic nitrogens is 3. The molecule has 0 unspecified atom stereocenters. The Morgan fingerprint density at radius 2 is 1.94 bits per heavy atom. The van der Waals surface area contributed by atoms with Crippen molar-refractivity contribution in [2.24, 2.45) is 0 Å². The van der Waals surface area contributed by atoms with Gasteiger partial charge in [-0.2, -0.15) is 5.10 Å². The molecule has 174 valence electrons. The first-order chi connectivity index (χ1) is 16.1. The quantitative estimate of drug-likeness (QED) is 0.539. The first-order valence-corrected chi connectivity index (χ1v) is 12.0. The fraction of sp³-hybridized carbons (Fsp3) is 0.417. The molecule has 9 heteroatoms. The summed E-state index contributed by atoms with van der Waals surface area (Å²) >= 11 is 12.7. The molecule has 2 saturated heterocycles. The van der Waals surface area contributed by atoms with Gasteiger partial charge in [0.1, 0.15) is 30.6 Å². The van der Waals surface area contributed by atoms with Crippen molar-refractivity contribution in [3.05, 3.63) is 70.7 Å². The average Bonchev–Trinajstić information content (AvgIpc) is 3.49. The van der Waals surface area contributed by atoms with Crippen molar-refractivity contribution >= 4 is 28.9 Å². The zero-order valence-corrected chi connectivity index (χ0v) is 19.8. The van der Waals surface area contributed by atoms with Gasteiger partial charge >= 0.3 is 0 Å². The van der Waals surface area contributed by atoms with Crippen LogP contribution in [0.3, 0.4) is 0 Å². The van der Waals surface area contributed by atoms with Crippen molar-refractivity contribution < 1.29 is 9.47 Å². The van der Waals surface area contributed by atoms with Crippen molar-refractivity contribution in [2.75, 3.05) is 37.7 Å². The Hall–Kier alpha value is -2.32. The fourth-order valence-corrected chi connectivity index (χ4v) is 5.23. The second-order valence-corrected chi connectivity index (χ2v) is 9.38. The van der Waals surface area contributed by atoms with Crippen LogP contribution in [0.25, 0.3) is 0 Å². The molecule has 5 rings (SSSR count). The third-order valence-corrected chi connectivity index (χ3v) is 6.87. The summed E-state index contributed by atoms with van der Waals surface area (Å²) in [5, 5.41) is 8.85. The number of rotatable bonds is 7. The highest BCUT2D eigenvalue weighted by Gasteiger charge is 2.44. The number of hydrogen-bond acceptors (Lipinski definition) is 6. The first kappa shape index (κ1) is 22.5. The summed E-state index contributed by atoms with van der Waals surface area (Å²) in [6, 6.07) is 13.9. The molecule has 0 radical (unpaired) electrons. The van der Waals surface area contributed by atoms with Gasteiger partial charge in [0.05, 0.1) is 12.6 Å². The molecule has 0 amide bonds. The number of piperazine rings is 1. The normalized spacial score (nSPS) is 23.1. The lowest BCUT2D eigenvalue weighted by molar-refractivity contribution is -0.0715. The Morgan fingerprint density at radius 1 is 1.12 bits per heavy atom. The maximum Gasteiger partial charge on any atom is 0.137 e. The van der Waals surface area contributed by atoms with Gasteiger partial charge in [0, 0.05) is 47.5 Å². The third-order valence-electron chi connectivity index (χ3n) is 6.32. The summed E-state index contributed by atoms with van der Waals surface area (Å²) in [7, 11) is 0. The van der Waals surface area contributed by atoms with Crippen LogP contribution in [0.4, 0.5) is 5.69 Å². The van der Waals surface area contributed by atoms with Gasteiger partial charge in [-0.15, -0.1) is 0 Å². The van der Waals surface area contributed by atoms with Crippen molar-refractivity contribution in [3.63, 3.8) is 0 Å². The highest BCUT2D eigenvalue weighted by atomic mass is 35.5. The topological polar surface area (TPSA) is 64.4 Å². The second kappa shape index (κ2) is 9.89. The molecule has 1 N–H and O–H groups in total. The smallest absolute Gasteiger partial charge is 0.137 e. The van der Waals surface area contributed by atoms with Gasteiger partial charge in [-0.1, -0.05) is 29.3 Å². The highest BCUT2D eigenvalue weighted by Crippen LogP contribution is 2.44. The maximum atomic E-state index is 6.61. The molecule has 2 aliphatic rings. The first-order valence-electron chi connectivity index (χ1n) is 11.3. The van der Waals surface area contributed by atoms with Crippen LogP contribution in [0.2, 0.25) is 10.0 Å². The van der Waals surface area contributed by atoms with Crippen LogP contribution in [0.5, 0.6) is 5.75 Å². The van der Waals surface area contributed by atoms with Crippen LogP contribution < -0.4 is 15.0 Å². The minimum atomic E-state index is -0.616. The van der Waals surface area contributed by atoms with Crippen LogP contribution in [-0.2, 0) is 16.9 Å². The zero-order valence-electron chi connectivity index (χ0n) is 18.3. The van der Waals surface area contributed by atoms with Crippen LogP contribution in [-0.4, -0.2) is 53.7 Å². The van der Waals surface area contributed by atoms with E-state index >= 15 is 0 Å². The Balaban J connectivity index is 1.26. The molecule has 2 atom stereocenters. The summed E-state index contributed by atoms with van der Waals surface area (Å²) in [6.07, 6.45) is 4.81. The van der Waals surface area contributed by atoms with Gasteiger partial charge < -0.3 is 19.7 Å². The second-order valence-electron chi connectivity index (χ2n) is 8.53. The molecule has 0 aliphatic carbocycles. The fourth-order valence-electron chi connectivity index (χ4n) is 4.65. The van der Waals surface area contributed by atoms with Crippen LogP contribution in [0.15, 0.2) is 55.1 Å². The van der Waals surface area contributed by atoms with E-state index in [1.807, 2.05) is 24.3 Å². The maximum absolute atomic E-state index is 6.61. The molecule has 2 fully saturated rings. The van der Waals surface area contributed by atoms with E-state index in [0.29, 0.717) is 23.2 Å². The van der Waals surface area contributed by atoms with Crippen molar-refractivity contribution in [2.45, 2.75) is 31.1 Å². The lowest BCUT2D eigenvalue weighted by Crippen LogP contribution is -2.43. The molecule has 3 aromatic rings. The molecule has 0 spiro atoms. The summed E-state index contributed by atoms with van der Waals surface area (Å²) in [5.41, 5.74) is 1.52. The molecule has 33 heavy (non-hydrogen) atoms. The van der Waals surface area contributed by atoms with E-state index in [4.69, 9.17) is 32.7 Å². The van der Waals surface area contributed by atoms with E-state index in [1.165, 1.54) is 12.0 Å². The van der Waals surface area contributed by atoms with Gasteiger partial charge in [0.2, 0.25) is 0 Å². The standard InChI is InChI=1S/C24H27Cl2N5O2/c25-18-1-6-22(23(26)13-18)24(15-31-17-28-16-29-31)8-7-21(33-24)14-32-20-4-2-19(3-5-20)30-11-9-27-10-12-30/h1-6,13,16-17,21,27H,7-12,14-15H2/t21-,24+/m1/s1. The van der Waals surface area contributed by atoms with E-state index in [-0.39, 0.29) is 6.10 Å². The van der Waals surface area contributed by atoms with Crippen molar-refractivity contribution in [3.8, 4) is 5.75 Å². The minimum absolute atomic E-state index is 0.0619. The lowest BCUT2D eigenvalue weighted by atomic mass is 9.90. The van der Waals surface area contributed by atoms with Crippen LogP contribution >= 0.6 is 23.2 Å². The number of hydrogen-bond donors (Lipinski definition) is 1. The molecular formula is C24H27Cl2N5O2. The Bertz CT molecular complexity index is 1060.